The van der Waals surface area contributed by atoms with E-state index in [1.165, 1.54) is 9.80 Å². The van der Waals surface area contributed by atoms with Crippen molar-refractivity contribution in [2.75, 3.05) is 11.2 Å². The van der Waals surface area contributed by atoms with Gasteiger partial charge in [0.2, 0.25) is 0 Å². The van der Waals surface area contributed by atoms with Crippen LogP contribution in [0.4, 0.5) is 5.69 Å². The summed E-state index contributed by atoms with van der Waals surface area (Å²) < 4.78 is 0. The van der Waals surface area contributed by atoms with Crippen molar-refractivity contribution in [2.45, 2.75) is 4.90 Å². The largest absolute Gasteiger partial charge is 0.268 e. The van der Waals surface area contributed by atoms with E-state index in [-0.39, 0.29) is 11.8 Å². The van der Waals surface area contributed by atoms with E-state index in [1.54, 1.807) is 36.0 Å². The van der Waals surface area contributed by atoms with Gasteiger partial charge in [-0.1, -0.05) is 42.5 Å². The number of benzene rings is 3. The third-order valence-electron chi connectivity index (χ3n) is 4.34. The van der Waals surface area contributed by atoms with Crippen LogP contribution in [0.25, 0.3) is 11.1 Å². The van der Waals surface area contributed by atoms with Crippen molar-refractivity contribution in [3.8, 4) is 11.1 Å². The molecular formula is C21H15NO2S. The highest BCUT2D eigenvalue weighted by Crippen LogP contribution is 2.33. The van der Waals surface area contributed by atoms with Gasteiger partial charge in [0, 0.05) is 4.90 Å². The first kappa shape index (κ1) is 15.7. The second kappa shape index (κ2) is 6.22. The molecular weight excluding hydrogens is 330 g/mol. The van der Waals surface area contributed by atoms with Crippen LogP contribution in [-0.2, 0) is 0 Å². The number of nitrogens with zero attached hydrogens (tertiary/aromatic N) is 1. The Morgan fingerprint density at radius 2 is 1.20 bits per heavy atom. The molecule has 4 heteroatoms. The second-order valence-corrected chi connectivity index (χ2v) is 6.59. The van der Waals surface area contributed by atoms with Crippen molar-refractivity contribution in [1.29, 1.82) is 0 Å². The minimum atomic E-state index is -0.266. The van der Waals surface area contributed by atoms with Crippen molar-refractivity contribution < 1.29 is 9.59 Å². The van der Waals surface area contributed by atoms with E-state index >= 15 is 0 Å². The summed E-state index contributed by atoms with van der Waals surface area (Å²) in [6, 6.07) is 22.7. The zero-order chi connectivity index (χ0) is 17.4. The highest BCUT2D eigenvalue weighted by molar-refractivity contribution is 7.98. The predicted octanol–water partition coefficient (Wildman–Crippen LogP) is 4.88. The highest BCUT2D eigenvalue weighted by atomic mass is 32.2. The maximum Gasteiger partial charge on any atom is 0.266 e. The molecule has 1 aliphatic rings. The molecule has 0 N–H and O–H groups in total. The molecule has 3 aromatic carbocycles. The van der Waals surface area contributed by atoms with Crippen LogP contribution in [0.15, 0.2) is 77.7 Å². The Labute approximate surface area is 150 Å². The van der Waals surface area contributed by atoms with Crippen LogP contribution in [0.3, 0.4) is 0 Å². The molecule has 3 nitrogen and oxygen atoms in total. The summed E-state index contributed by atoms with van der Waals surface area (Å²) in [5.74, 6) is -0.532. The van der Waals surface area contributed by atoms with E-state index < -0.39 is 0 Å². The monoisotopic (exact) mass is 345 g/mol. The van der Waals surface area contributed by atoms with Crippen LogP contribution >= 0.6 is 11.8 Å². The third-order valence-corrected chi connectivity index (χ3v) is 5.13. The number of carbonyl (C=O) groups excluding carboxylic acids is 2. The van der Waals surface area contributed by atoms with Crippen LogP contribution < -0.4 is 4.90 Å². The summed E-state index contributed by atoms with van der Waals surface area (Å²) in [5.41, 5.74) is 3.72. The first-order chi connectivity index (χ1) is 12.2. The zero-order valence-electron chi connectivity index (χ0n) is 13.6. The molecule has 0 bridgehead atoms. The average Bonchev–Trinajstić information content (AvgIpc) is 2.93. The lowest BCUT2D eigenvalue weighted by Gasteiger charge is -2.15. The fourth-order valence-electron chi connectivity index (χ4n) is 3.10. The molecule has 1 heterocycles. The van der Waals surface area contributed by atoms with E-state index in [0.717, 1.165) is 11.1 Å². The maximum absolute atomic E-state index is 12.6. The lowest BCUT2D eigenvalue weighted by atomic mass is 10.1. The van der Waals surface area contributed by atoms with Crippen molar-refractivity contribution in [1.82, 2.24) is 0 Å². The number of carbonyl (C=O) groups is 2. The molecule has 0 saturated heterocycles. The normalized spacial score (nSPS) is 13.2. The van der Waals surface area contributed by atoms with Crippen LogP contribution in [0, 0.1) is 0 Å². The molecule has 0 atom stereocenters. The van der Waals surface area contributed by atoms with Crippen LogP contribution in [0.1, 0.15) is 20.7 Å². The average molecular weight is 345 g/mol. The van der Waals surface area contributed by atoms with Gasteiger partial charge < -0.3 is 0 Å². The Hall–Kier alpha value is -2.85. The molecule has 0 saturated carbocycles. The quantitative estimate of drug-likeness (QED) is 0.502. The topological polar surface area (TPSA) is 37.4 Å². The lowest BCUT2D eigenvalue weighted by Crippen LogP contribution is -2.29. The van der Waals surface area contributed by atoms with Gasteiger partial charge >= 0.3 is 0 Å². The zero-order valence-corrected chi connectivity index (χ0v) is 14.4. The van der Waals surface area contributed by atoms with Crippen molar-refractivity contribution in [2.24, 2.45) is 0 Å². The van der Waals surface area contributed by atoms with Gasteiger partial charge in [0.25, 0.3) is 11.8 Å². The lowest BCUT2D eigenvalue weighted by molar-refractivity contribution is 0.0926. The minimum absolute atomic E-state index is 0.266. The number of amides is 2. The summed E-state index contributed by atoms with van der Waals surface area (Å²) in [6.45, 7) is 0. The molecule has 4 rings (SSSR count). The van der Waals surface area contributed by atoms with Crippen molar-refractivity contribution in [3.63, 3.8) is 0 Å². The summed E-state index contributed by atoms with van der Waals surface area (Å²) in [5, 5.41) is 0. The number of imide groups is 1. The number of fused-ring (bicyclic) bond motifs is 1. The van der Waals surface area contributed by atoms with E-state index in [9.17, 15) is 9.59 Å². The van der Waals surface area contributed by atoms with E-state index in [2.05, 4.69) is 12.1 Å². The van der Waals surface area contributed by atoms with Crippen molar-refractivity contribution >= 4 is 29.3 Å². The third kappa shape index (κ3) is 2.55. The fraction of sp³-hybridized carbons (Fsp3) is 0.0476. The van der Waals surface area contributed by atoms with Gasteiger partial charge in [-0.05, 0) is 47.7 Å². The standard InChI is InChI=1S/C21H15NO2S/c1-25-19-9-5-4-6-16(19)14-10-12-15(13-11-14)22-20(23)17-7-2-3-8-18(17)21(22)24/h2-13H,1H3. The molecule has 0 fully saturated rings. The Bertz CT molecular complexity index is 944. The summed E-state index contributed by atoms with van der Waals surface area (Å²) >= 11 is 1.69. The van der Waals surface area contributed by atoms with Gasteiger partial charge in [0.1, 0.15) is 0 Å². The number of rotatable bonds is 3. The van der Waals surface area contributed by atoms with Gasteiger partial charge in [0.15, 0.2) is 0 Å². The SMILES string of the molecule is CSc1ccccc1-c1ccc(N2C(=O)c3ccccc3C2=O)cc1. The number of anilines is 1. The Morgan fingerprint density at radius 3 is 1.76 bits per heavy atom. The molecule has 2 amide bonds. The highest BCUT2D eigenvalue weighted by Gasteiger charge is 2.36. The molecule has 122 valence electrons. The molecule has 3 aromatic rings. The van der Waals surface area contributed by atoms with Crippen molar-refractivity contribution in [3.05, 3.63) is 83.9 Å². The Kier molecular flexibility index (Phi) is 3.90. The molecule has 0 radical (unpaired) electrons. The molecule has 1 aliphatic heterocycles. The van der Waals surface area contributed by atoms with Gasteiger partial charge in [-0.15, -0.1) is 11.8 Å². The molecule has 25 heavy (non-hydrogen) atoms. The second-order valence-electron chi connectivity index (χ2n) is 5.74. The molecule has 0 unspecified atom stereocenters. The van der Waals surface area contributed by atoms with E-state index in [1.807, 2.05) is 42.7 Å². The van der Waals surface area contributed by atoms with E-state index in [4.69, 9.17) is 0 Å². The van der Waals surface area contributed by atoms with Gasteiger partial charge in [-0.25, -0.2) is 4.90 Å². The minimum Gasteiger partial charge on any atom is -0.268 e. The molecule has 0 aromatic heterocycles. The number of hydrogen-bond donors (Lipinski definition) is 0. The summed E-state index contributed by atoms with van der Waals surface area (Å²) in [4.78, 5) is 27.6. The number of hydrogen-bond acceptors (Lipinski definition) is 3. The molecule has 0 spiro atoms. The predicted molar refractivity (Wildman–Crippen MR) is 101 cm³/mol. The van der Waals surface area contributed by atoms with Gasteiger partial charge in [0.05, 0.1) is 16.8 Å². The smallest absolute Gasteiger partial charge is 0.266 e. The van der Waals surface area contributed by atoms with Crippen LogP contribution in [-0.4, -0.2) is 18.1 Å². The first-order valence-corrected chi connectivity index (χ1v) is 9.14. The maximum atomic E-state index is 12.6. The first-order valence-electron chi connectivity index (χ1n) is 7.92. The summed E-state index contributed by atoms with van der Waals surface area (Å²) in [7, 11) is 0. The number of thioether (sulfide) groups is 1. The van der Waals surface area contributed by atoms with Crippen LogP contribution in [0.5, 0.6) is 0 Å². The molecule has 0 aliphatic carbocycles. The Balaban J connectivity index is 1.70. The van der Waals surface area contributed by atoms with Gasteiger partial charge in [-0.2, -0.15) is 0 Å². The fourth-order valence-corrected chi connectivity index (χ4v) is 3.72. The van der Waals surface area contributed by atoms with Crippen LogP contribution in [0.2, 0.25) is 0 Å². The summed E-state index contributed by atoms with van der Waals surface area (Å²) in [6.07, 6.45) is 2.05. The van der Waals surface area contributed by atoms with Gasteiger partial charge in [-0.3, -0.25) is 9.59 Å². The van der Waals surface area contributed by atoms with E-state index in [0.29, 0.717) is 16.8 Å². The Morgan fingerprint density at radius 1 is 0.680 bits per heavy atom.